The number of hydrogen-bond donors (Lipinski definition) is 1. The third kappa shape index (κ3) is 3.98. The molecule has 2 fully saturated rings. The first-order chi connectivity index (χ1) is 8.66. The van der Waals surface area contributed by atoms with Crippen molar-refractivity contribution in [2.45, 2.75) is 78.2 Å². The maximum Gasteiger partial charge on any atom is 0.00672 e. The predicted octanol–water partition coefficient (Wildman–Crippen LogP) is 4.62. The van der Waals surface area contributed by atoms with Crippen LogP contribution in [-0.2, 0) is 0 Å². The Labute approximate surface area is 114 Å². The first kappa shape index (κ1) is 14.4. The molecule has 0 bridgehead atoms. The van der Waals surface area contributed by atoms with Crippen molar-refractivity contribution >= 4 is 0 Å². The van der Waals surface area contributed by atoms with Crippen LogP contribution in [0.1, 0.15) is 72.1 Å². The Bertz CT molecular complexity index is 236. The highest BCUT2D eigenvalue weighted by molar-refractivity contribution is 4.80. The summed E-state index contributed by atoms with van der Waals surface area (Å²) < 4.78 is 0. The van der Waals surface area contributed by atoms with Gasteiger partial charge in [-0.1, -0.05) is 46.5 Å². The molecule has 0 amide bonds. The Morgan fingerprint density at radius 2 is 1.72 bits per heavy atom. The van der Waals surface area contributed by atoms with Gasteiger partial charge in [0.1, 0.15) is 0 Å². The van der Waals surface area contributed by atoms with E-state index in [0.717, 1.165) is 29.7 Å². The normalized spacial score (nSPS) is 38.0. The van der Waals surface area contributed by atoms with E-state index < -0.39 is 0 Å². The monoisotopic (exact) mass is 251 g/mol. The van der Waals surface area contributed by atoms with Gasteiger partial charge in [-0.2, -0.15) is 0 Å². The van der Waals surface area contributed by atoms with Crippen molar-refractivity contribution in [1.82, 2.24) is 5.32 Å². The van der Waals surface area contributed by atoms with Crippen molar-refractivity contribution in [2.24, 2.45) is 23.7 Å². The average Bonchev–Trinajstić information content (AvgIpc) is 2.62. The molecule has 2 aliphatic rings. The highest BCUT2D eigenvalue weighted by Gasteiger charge is 2.25. The van der Waals surface area contributed by atoms with Gasteiger partial charge in [-0.05, 0) is 55.9 Å². The van der Waals surface area contributed by atoms with Crippen molar-refractivity contribution < 1.29 is 0 Å². The molecular formula is C17H33N. The molecule has 4 unspecified atom stereocenters. The van der Waals surface area contributed by atoms with Crippen LogP contribution in [0.15, 0.2) is 0 Å². The fourth-order valence-corrected chi connectivity index (χ4v) is 4.04. The van der Waals surface area contributed by atoms with Crippen LogP contribution in [0.5, 0.6) is 0 Å². The van der Waals surface area contributed by atoms with Gasteiger partial charge >= 0.3 is 0 Å². The quantitative estimate of drug-likeness (QED) is 0.719. The van der Waals surface area contributed by atoms with Gasteiger partial charge in [0.15, 0.2) is 0 Å². The van der Waals surface area contributed by atoms with Gasteiger partial charge in [-0.3, -0.25) is 0 Å². The summed E-state index contributed by atoms with van der Waals surface area (Å²) in [5.74, 6) is 3.81. The van der Waals surface area contributed by atoms with Gasteiger partial charge in [-0.25, -0.2) is 0 Å². The zero-order chi connectivity index (χ0) is 13.0. The predicted molar refractivity (Wildman–Crippen MR) is 79.7 cm³/mol. The first-order valence-electron chi connectivity index (χ1n) is 8.40. The summed E-state index contributed by atoms with van der Waals surface area (Å²) >= 11 is 0. The smallest absolute Gasteiger partial charge is 0.00672 e. The first-order valence-corrected chi connectivity index (χ1v) is 8.40. The van der Waals surface area contributed by atoms with E-state index in [1.54, 1.807) is 0 Å². The summed E-state index contributed by atoms with van der Waals surface area (Å²) in [4.78, 5) is 0. The third-order valence-electron chi connectivity index (χ3n) is 5.66. The second kappa shape index (κ2) is 6.93. The second-order valence-electron chi connectivity index (χ2n) is 7.29. The van der Waals surface area contributed by atoms with Crippen LogP contribution in [0.3, 0.4) is 0 Å². The van der Waals surface area contributed by atoms with Crippen molar-refractivity contribution in [3.63, 3.8) is 0 Å². The summed E-state index contributed by atoms with van der Waals surface area (Å²) in [5, 5.41) is 3.89. The van der Waals surface area contributed by atoms with Crippen molar-refractivity contribution in [3.8, 4) is 0 Å². The van der Waals surface area contributed by atoms with Gasteiger partial charge in [0, 0.05) is 6.04 Å². The minimum atomic E-state index is 0.821. The topological polar surface area (TPSA) is 12.0 Å². The summed E-state index contributed by atoms with van der Waals surface area (Å²) in [5.41, 5.74) is 0. The third-order valence-corrected chi connectivity index (χ3v) is 5.66. The van der Waals surface area contributed by atoms with Gasteiger partial charge in [0.05, 0.1) is 0 Å². The maximum atomic E-state index is 3.89. The molecule has 0 aromatic rings. The molecule has 0 aromatic heterocycles. The molecule has 2 saturated carbocycles. The van der Waals surface area contributed by atoms with E-state index in [0.29, 0.717) is 0 Å². The molecule has 1 N–H and O–H groups in total. The number of hydrogen-bond acceptors (Lipinski definition) is 1. The lowest BCUT2D eigenvalue weighted by Crippen LogP contribution is -2.33. The van der Waals surface area contributed by atoms with Gasteiger partial charge in [-0.15, -0.1) is 0 Å². The molecular weight excluding hydrogens is 218 g/mol. The van der Waals surface area contributed by atoms with Crippen LogP contribution in [0, 0.1) is 23.7 Å². The van der Waals surface area contributed by atoms with Crippen LogP contribution in [0.2, 0.25) is 0 Å². The Morgan fingerprint density at radius 1 is 0.944 bits per heavy atom. The zero-order valence-corrected chi connectivity index (χ0v) is 12.8. The summed E-state index contributed by atoms with van der Waals surface area (Å²) in [7, 11) is 0. The number of rotatable bonds is 4. The van der Waals surface area contributed by atoms with Crippen molar-refractivity contribution in [2.75, 3.05) is 6.54 Å². The van der Waals surface area contributed by atoms with E-state index in [4.69, 9.17) is 0 Å². The molecule has 106 valence electrons. The number of nitrogens with one attached hydrogen (secondary N) is 1. The van der Waals surface area contributed by atoms with E-state index in [9.17, 15) is 0 Å². The molecule has 1 nitrogen and oxygen atoms in total. The van der Waals surface area contributed by atoms with E-state index in [-0.39, 0.29) is 0 Å². The van der Waals surface area contributed by atoms with Crippen LogP contribution in [-0.4, -0.2) is 12.6 Å². The summed E-state index contributed by atoms with van der Waals surface area (Å²) in [6.07, 6.45) is 11.6. The highest BCUT2D eigenvalue weighted by Crippen LogP contribution is 2.32. The van der Waals surface area contributed by atoms with E-state index >= 15 is 0 Å². The molecule has 1 heteroatoms. The molecule has 0 spiro atoms. The Morgan fingerprint density at radius 3 is 2.39 bits per heavy atom. The maximum absolute atomic E-state index is 3.89. The summed E-state index contributed by atoms with van der Waals surface area (Å²) in [6, 6.07) is 0.821. The van der Waals surface area contributed by atoms with Gasteiger partial charge in [0.2, 0.25) is 0 Å². The highest BCUT2D eigenvalue weighted by atomic mass is 14.9. The largest absolute Gasteiger partial charge is 0.314 e. The van der Waals surface area contributed by atoms with Crippen molar-refractivity contribution in [1.29, 1.82) is 0 Å². The minimum Gasteiger partial charge on any atom is -0.314 e. The fraction of sp³-hybridized carbons (Fsp3) is 1.00. The molecule has 0 aromatic carbocycles. The van der Waals surface area contributed by atoms with Crippen molar-refractivity contribution in [3.05, 3.63) is 0 Å². The molecule has 0 heterocycles. The molecule has 2 aliphatic carbocycles. The Hall–Kier alpha value is -0.0400. The molecule has 0 aliphatic heterocycles. The lowest BCUT2D eigenvalue weighted by atomic mass is 9.89. The van der Waals surface area contributed by atoms with E-state index in [1.165, 1.54) is 57.9 Å². The summed E-state index contributed by atoms with van der Waals surface area (Å²) in [6.45, 7) is 8.54. The second-order valence-corrected chi connectivity index (χ2v) is 7.29. The molecule has 2 rings (SSSR count). The average molecular weight is 251 g/mol. The zero-order valence-electron chi connectivity index (χ0n) is 12.8. The Kier molecular flexibility index (Phi) is 5.54. The molecule has 4 atom stereocenters. The van der Waals surface area contributed by atoms with Gasteiger partial charge < -0.3 is 5.32 Å². The molecule has 0 radical (unpaired) electrons. The van der Waals surface area contributed by atoms with Crippen LogP contribution < -0.4 is 5.32 Å². The van der Waals surface area contributed by atoms with Crippen LogP contribution >= 0.6 is 0 Å². The van der Waals surface area contributed by atoms with Crippen LogP contribution in [0.4, 0.5) is 0 Å². The van der Waals surface area contributed by atoms with E-state index in [2.05, 4.69) is 26.1 Å². The van der Waals surface area contributed by atoms with Crippen LogP contribution in [0.25, 0.3) is 0 Å². The minimum absolute atomic E-state index is 0.821. The van der Waals surface area contributed by atoms with Gasteiger partial charge in [0.25, 0.3) is 0 Å². The van der Waals surface area contributed by atoms with E-state index in [1.807, 2.05) is 0 Å². The molecule has 18 heavy (non-hydrogen) atoms. The standard InChI is InChI=1S/C17H33N/c1-13(2)15-7-5-9-17(11-10-15)18-12-16-8-4-6-14(16)3/h13-18H,4-12H2,1-3H3. The fourth-order valence-electron chi connectivity index (χ4n) is 4.04. The molecule has 0 saturated heterocycles. The Balaban J connectivity index is 1.70. The SMILES string of the molecule is CC(C)C1CCCC(NCC2CCCC2C)CC1. The lowest BCUT2D eigenvalue weighted by Gasteiger charge is -2.22. The lowest BCUT2D eigenvalue weighted by molar-refractivity contribution is 0.328.